The van der Waals surface area contributed by atoms with Gasteiger partial charge in [0.2, 0.25) is 0 Å². The zero-order chi connectivity index (χ0) is 37.7. The molecule has 3 aliphatic carbocycles. The third-order valence-electron chi connectivity index (χ3n) is 14.6. The van der Waals surface area contributed by atoms with Crippen molar-refractivity contribution in [3.63, 3.8) is 0 Å². The summed E-state index contributed by atoms with van der Waals surface area (Å²) >= 11 is 0. The molecule has 0 atom stereocenters. The molecule has 6 aromatic carbocycles. The largest absolute Gasteiger partial charge is 0.311 e. The lowest BCUT2D eigenvalue weighted by Gasteiger charge is -2.45. The van der Waals surface area contributed by atoms with Gasteiger partial charge in [0.05, 0.1) is 0 Å². The van der Waals surface area contributed by atoms with Gasteiger partial charge in [-0.1, -0.05) is 143 Å². The average molecular weight is 743 g/mol. The van der Waals surface area contributed by atoms with Gasteiger partial charge in [-0.05, 0) is 149 Å². The molecule has 0 saturated heterocycles. The number of hydrogen-bond donors (Lipinski definition) is 0. The van der Waals surface area contributed by atoms with E-state index in [2.05, 4.69) is 143 Å². The molecule has 0 bridgehead atoms. The van der Waals surface area contributed by atoms with Gasteiger partial charge in [0, 0.05) is 34.1 Å². The fourth-order valence-electron chi connectivity index (χ4n) is 11.7. The minimum Gasteiger partial charge on any atom is -0.311 e. The molecule has 284 valence electrons. The van der Waals surface area contributed by atoms with Crippen LogP contribution in [0.4, 0.5) is 34.1 Å². The molecule has 11 rings (SSSR count). The molecule has 0 aromatic heterocycles. The maximum absolute atomic E-state index is 2.67. The quantitative estimate of drug-likeness (QED) is 0.157. The van der Waals surface area contributed by atoms with Crippen LogP contribution in [0.5, 0.6) is 0 Å². The molecule has 0 amide bonds. The highest BCUT2D eigenvalue weighted by atomic mass is 15.2. The van der Waals surface area contributed by atoms with E-state index in [0.29, 0.717) is 17.8 Å². The lowest BCUT2D eigenvalue weighted by molar-refractivity contribution is 0.443. The summed E-state index contributed by atoms with van der Waals surface area (Å²) in [5, 5.41) is 0. The van der Waals surface area contributed by atoms with Crippen LogP contribution in [-0.2, 0) is 0 Å². The first-order valence-electron chi connectivity index (χ1n) is 22.5. The van der Waals surface area contributed by atoms with Gasteiger partial charge in [-0.15, -0.1) is 0 Å². The molecule has 0 N–H and O–H groups in total. The highest BCUT2D eigenvalue weighted by Crippen LogP contribution is 2.48. The summed E-state index contributed by atoms with van der Waals surface area (Å²) in [4.78, 5) is 5.24. The molecule has 3 saturated carbocycles. The Morgan fingerprint density at radius 3 is 1.26 bits per heavy atom. The number of para-hydroxylation sites is 1. The van der Waals surface area contributed by atoms with Crippen LogP contribution in [0.1, 0.15) is 131 Å². The van der Waals surface area contributed by atoms with E-state index in [-0.39, 0.29) is 6.71 Å². The van der Waals surface area contributed by atoms with E-state index >= 15 is 0 Å². The lowest BCUT2D eigenvalue weighted by atomic mass is 9.33. The van der Waals surface area contributed by atoms with Gasteiger partial charge in [0.15, 0.2) is 0 Å². The van der Waals surface area contributed by atoms with Crippen molar-refractivity contribution < 1.29 is 0 Å². The van der Waals surface area contributed by atoms with E-state index < -0.39 is 0 Å². The van der Waals surface area contributed by atoms with E-state index in [1.807, 2.05) is 0 Å². The molecular weight excluding hydrogens is 687 g/mol. The topological polar surface area (TPSA) is 6.48 Å². The van der Waals surface area contributed by atoms with Crippen molar-refractivity contribution in [2.24, 2.45) is 0 Å². The SMILES string of the molecule is c1ccc(-c2cc3c4c(c2)N(c2ccc(C5CCCCC5)cc2)c2ccc(C5CCCCC5)cc2B4c2cc(C4CCCCC4)ccc2N3c2ccccc2)cc1. The molecule has 0 unspecified atom stereocenters. The summed E-state index contributed by atoms with van der Waals surface area (Å²) < 4.78 is 0. The highest BCUT2D eigenvalue weighted by molar-refractivity contribution is 7.00. The Morgan fingerprint density at radius 1 is 0.351 bits per heavy atom. The van der Waals surface area contributed by atoms with Crippen LogP contribution in [0.3, 0.4) is 0 Å². The molecule has 5 aliphatic rings. The van der Waals surface area contributed by atoms with Crippen molar-refractivity contribution in [2.75, 3.05) is 9.80 Å². The summed E-state index contributed by atoms with van der Waals surface area (Å²) in [6.45, 7) is 0.148. The summed E-state index contributed by atoms with van der Waals surface area (Å²) in [5.74, 6) is 1.98. The zero-order valence-electron chi connectivity index (χ0n) is 33.5. The van der Waals surface area contributed by atoms with Crippen molar-refractivity contribution in [1.29, 1.82) is 0 Å². The summed E-state index contributed by atoms with van der Waals surface area (Å²) in [5.41, 5.74) is 19.3. The van der Waals surface area contributed by atoms with Crippen LogP contribution >= 0.6 is 0 Å². The standard InChI is InChI=1S/C54H55BN2/c1-6-16-38(17-7-1)42-26-30-47(31-27-42)57-51-33-29-44(40-20-10-3-11-21-40)35-49(51)55-48-34-43(39-18-8-2-9-19-39)28-32-50(48)56(46-24-14-5-15-25-46)52-36-45(37-53(57)54(52)55)41-22-12-4-13-23-41/h4-5,12-15,22-40H,1-3,6-11,16-21H2. The molecule has 57 heavy (non-hydrogen) atoms. The third-order valence-corrected chi connectivity index (χ3v) is 14.6. The molecule has 0 radical (unpaired) electrons. The Hall–Kier alpha value is -5.02. The number of rotatable bonds is 6. The molecule has 0 spiro atoms. The van der Waals surface area contributed by atoms with Gasteiger partial charge < -0.3 is 9.80 Å². The normalized spacial score (nSPS) is 18.6. The van der Waals surface area contributed by atoms with Gasteiger partial charge >= 0.3 is 0 Å². The van der Waals surface area contributed by atoms with Crippen molar-refractivity contribution in [3.05, 3.63) is 150 Å². The Bertz CT molecular complexity index is 2370. The van der Waals surface area contributed by atoms with Crippen LogP contribution in [0, 0.1) is 0 Å². The molecule has 6 aromatic rings. The van der Waals surface area contributed by atoms with E-state index in [1.54, 1.807) is 5.56 Å². The van der Waals surface area contributed by atoms with Crippen LogP contribution in [0.2, 0.25) is 0 Å². The maximum atomic E-state index is 2.67. The van der Waals surface area contributed by atoms with Crippen molar-refractivity contribution in [3.8, 4) is 11.1 Å². The van der Waals surface area contributed by atoms with Gasteiger partial charge in [-0.25, -0.2) is 0 Å². The van der Waals surface area contributed by atoms with Crippen molar-refractivity contribution in [1.82, 2.24) is 0 Å². The Morgan fingerprint density at radius 2 is 0.772 bits per heavy atom. The Balaban J connectivity index is 1.18. The fraction of sp³-hybridized carbons (Fsp3) is 0.333. The smallest absolute Gasteiger partial charge is 0.252 e. The van der Waals surface area contributed by atoms with Gasteiger partial charge in [-0.2, -0.15) is 0 Å². The Labute approximate surface area is 341 Å². The first-order chi connectivity index (χ1) is 28.3. The van der Waals surface area contributed by atoms with Gasteiger partial charge in [0.1, 0.15) is 0 Å². The molecule has 2 heterocycles. The number of benzene rings is 6. The lowest BCUT2D eigenvalue weighted by Crippen LogP contribution is -2.61. The summed E-state index contributed by atoms with van der Waals surface area (Å²) in [6, 6.07) is 52.4. The maximum Gasteiger partial charge on any atom is 0.252 e. The second-order valence-electron chi connectivity index (χ2n) is 18.0. The number of fused-ring (bicyclic) bond motifs is 4. The number of nitrogens with zero attached hydrogens (tertiary/aromatic N) is 2. The highest BCUT2D eigenvalue weighted by Gasteiger charge is 2.44. The van der Waals surface area contributed by atoms with E-state index in [4.69, 9.17) is 0 Å². The van der Waals surface area contributed by atoms with E-state index in [9.17, 15) is 0 Å². The minimum absolute atomic E-state index is 0.148. The summed E-state index contributed by atoms with van der Waals surface area (Å²) in [6.07, 6.45) is 20.1. The molecule has 3 fully saturated rings. The first kappa shape index (κ1) is 35.2. The molecule has 3 heteroatoms. The van der Waals surface area contributed by atoms with Crippen molar-refractivity contribution >= 4 is 57.2 Å². The second-order valence-corrected chi connectivity index (χ2v) is 18.0. The monoisotopic (exact) mass is 742 g/mol. The number of hydrogen-bond acceptors (Lipinski definition) is 2. The van der Waals surface area contributed by atoms with E-state index in [1.165, 1.54) is 169 Å². The zero-order valence-corrected chi connectivity index (χ0v) is 33.5. The summed E-state index contributed by atoms with van der Waals surface area (Å²) in [7, 11) is 0. The van der Waals surface area contributed by atoms with Crippen LogP contribution < -0.4 is 26.2 Å². The third kappa shape index (κ3) is 6.33. The van der Waals surface area contributed by atoms with Gasteiger partial charge in [0.25, 0.3) is 6.71 Å². The molecule has 2 aliphatic heterocycles. The predicted molar refractivity (Wildman–Crippen MR) is 243 cm³/mol. The van der Waals surface area contributed by atoms with Gasteiger partial charge in [-0.3, -0.25) is 0 Å². The second kappa shape index (κ2) is 15.1. The first-order valence-corrected chi connectivity index (χ1v) is 22.5. The van der Waals surface area contributed by atoms with Crippen LogP contribution in [0.25, 0.3) is 11.1 Å². The van der Waals surface area contributed by atoms with E-state index in [0.717, 1.165) is 0 Å². The number of anilines is 6. The van der Waals surface area contributed by atoms with Crippen LogP contribution in [-0.4, -0.2) is 6.71 Å². The predicted octanol–water partition coefficient (Wildman–Crippen LogP) is 13.6. The minimum atomic E-state index is 0.148. The molecular formula is C54H55BN2. The Kier molecular flexibility index (Phi) is 9.29. The van der Waals surface area contributed by atoms with Crippen molar-refractivity contribution in [2.45, 2.75) is 114 Å². The van der Waals surface area contributed by atoms with Crippen LogP contribution in [0.15, 0.2) is 133 Å². The average Bonchev–Trinajstić information content (AvgIpc) is 3.30. The molecule has 2 nitrogen and oxygen atoms in total. The fourth-order valence-corrected chi connectivity index (χ4v) is 11.7.